The van der Waals surface area contributed by atoms with Gasteiger partial charge in [-0.25, -0.2) is 0 Å². The molecule has 0 fully saturated rings. The lowest BCUT2D eigenvalue weighted by Crippen LogP contribution is -2.07. The number of hydrogen-bond acceptors (Lipinski definition) is 2. The molecule has 80 valence electrons. The van der Waals surface area contributed by atoms with E-state index in [9.17, 15) is 4.79 Å². The molecule has 0 saturated carbocycles. The molecule has 2 N–H and O–H groups in total. The van der Waals surface area contributed by atoms with Gasteiger partial charge in [0.15, 0.2) is 5.78 Å². The van der Waals surface area contributed by atoms with Gasteiger partial charge >= 0.3 is 0 Å². The third-order valence-electron chi connectivity index (χ3n) is 3.38. The second kappa shape index (κ2) is 3.16. The highest BCUT2D eigenvalue weighted by Crippen LogP contribution is 2.37. The van der Waals surface area contributed by atoms with E-state index in [1.54, 1.807) is 6.92 Å². The minimum Gasteiger partial charge on any atom is -0.324 e. The minimum atomic E-state index is 0.0842. The number of carbonyl (C=O) groups excluding carboxylic acids is 1. The van der Waals surface area contributed by atoms with E-state index in [2.05, 4.69) is 6.07 Å². The topological polar surface area (TPSA) is 43.1 Å². The molecule has 0 spiro atoms. The number of hydrogen-bond donors (Lipinski definition) is 1. The van der Waals surface area contributed by atoms with Gasteiger partial charge in [0, 0.05) is 11.6 Å². The van der Waals surface area contributed by atoms with Crippen molar-refractivity contribution in [3.05, 3.63) is 47.0 Å². The predicted molar refractivity (Wildman–Crippen MR) is 64.6 cm³/mol. The standard InChI is InChI=1S/C14H13NO/c1-8(16)10-6-5-9-7-13(15)12-4-2-3-11(10)14(9)12/h2-6,13H,7,15H2,1H3. The zero-order valence-electron chi connectivity index (χ0n) is 9.16. The molecular formula is C14H13NO. The Morgan fingerprint density at radius 1 is 1.31 bits per heavy atom. The van der Waals surface area contributed by atoms with Crippen LogP contribution in [-0.4, -0.2) is 5.78 Å². The van der Waals surface area contributed by atoms with Gasteiger partial charge in [-0.15, -0.1) is 0 Å². The number of ketones is 1. The number of benzene rings is 2. The SMILES string of the molecule is CC(=O)c1ccc2c3c(cccc13)C(N)C2. The van der Waals surface area contributed by atoms with E-state index < -0.39 is 0 Å². The summed E-state index contributed by atoms with van der Waals surface area (Å²) in [4.78, 5) is 11.6. The Balaban J connectivity index is 2.46. The summed E-state index contributed by atoms with van der Waals surface area (Å²) in [5.74, 6) is 0.115. The molecule has 1 aliphatic rings. The Kier molecular flexibility index (Phi) is 1.88. The molecule has 0 heterocycles. The van der Waals surface area contributed by atoms with E-state index in [0.29, 0.717) is 0 Å². The fraction of sp³-hybridized carbons (Fsp3) is 0.214. The van der Waals surface area contributed by atoms with Crippen molar-refractivity contribution in [3.8, 4) is 0 Å². The van der Waals surface area contributed by atoms with E-state index in [1.807, 2.05) is 24.3 Å². The Morgan fingerprint density at radius 2 is 2.12 bits per heavy atom. The van der Waals surface area contributed by atoms with Crippen molar-refractivity contribution in [1.82, 2.24) is 0 Å². The lowest BCUT2D eigenvalue weighted by atomic mass is 9.98. The molecule has 0 radical (unpaired) electrons. The van der Waals surface area contributed by atoms with Gasteiger partial charge in [-0.3, -0.25) is 4.79 Å². The maximum absolute atomic E-state index is 11.6. The monoisotopic (exact) mass is 211 g/mol. The molecule has 0 aromatic heterocycles. The highest BCUT2D eigenvalue weighted by molar-refractivity contribution is 6.09. The van der Waals surface area contributed by atoms with Gasteiger partial charge < -0.3 is 5.73 Å². The molecule has 0 saturated heterocycles. The molecule has 1 aliphatic carbocycles. The van der Waals surface area contributed by atoms with Crippen molar-refractivity contribution >= 4 is 16.6 Å². The normalized spacial score (nSPS) is 18.0. The molecule has 0 aliphatic heterocycles. The van der Waals surface area contributed by atoms with Crippen molar-refractivity contribution < 1.29 is 4.79 Å². The first kappa shape index (κ1) is 9.55. The van der Waals surface area contributed by atoms with Crippen LogP contribution in [0.4, 0.5) is 0 Å². The quantitative estimate of drug-likeness (QED) is 0.737. The summed E-state index contributed by atoms with van der Waals surface area (Å²) in [5.41, 5.74) is 9.33. The summed E-state index contributed by atoms with van der Waals surface area (Å²) in [6.45, 7) is 1.61. The highest BCUT2D eigenvalue weighted by Gasteiger charge is 2.22. The first-order valence-electron chi connectivity index (χ1n) is 5.49. The fourth-order valence-electron chi connectivity index (χ4n) is 2.64. The largest absolute Gasteiger partial charge is 0.324 e. The molecule has 0 amide bonds. The smallest absolute Gasteiger partial charge is 0.160 e. The Bertz CT molecular complexity index is 601. The molecule has 2 nitrogen and oxygen atoms in total. The Hall–Kier alpha value is -1.67. The second-order valence-corrected chi connectivity index (χ2v) is 4.41. The number of rotatable bonds is 1. The van der Waals surface area contributed by atoms with Gasteiger partial charge in [-0.2, -0.15) is 0 Å². The van der Waals surface area contributed by atoms with Gasteiger partial charge in [-0.1, -0.05) is 30.3 Å². The van der Waals surface area contributed by atoms with Crippen molar-refractivity contribution in [3.63, 3.8) is 0 Å². The molecule has 3 rings (SSSR count). The van der Waals surface area contributed by atoms with E-state index in [4.69, 9.17) is 5.73 Å². The summed E-state index contributed by atoms with van der Waals surface area (Å²) in [5, 5.41) is 2.25. The average Bonchev–Trinajstić information content (AvgIpc) is 2.58. The van der Waals surface area contributed by atoms with Crippen molar-refractivity contribution in [2.24, 2.45) is 5.73 Å². The van der Waals surface area contributed by atoms with Gasteiger partial charge in [0.2, 0.25) is 0 Å². The van der Waals surface area contributed by atoms with E-state index >= 15 is 0 Å². The lowest BCUT2D eigenvalue weighted by molar-refractivity contribution is 0.101. The van der Waals surface area contributed by atoms with Crippen molar-refractivity contribution in [1.29, 1.82) is 0 Å². The van der Waals surface area contributed by atoms with Crippen LogP contribution >= 0.6 is 0 Å². The molecule has 1 atom stereocenters. The maximum atomic E-state index is 11.6. The zero-order chi connectivity index (χ0) is 11.3. The predicted octanol–water partition coefficient (Wildman–Crippen LogP) is 2.60. The van der Waals surface area contributed by atoms with E-state index in [1.165, 1.54) is 16.5 Å². The first-order chi connectivity index (χ1) is 7.68. The van der Waals surface area contributed by atoms with Crippen LogP contribution in [0, 0.1) is 0 Å². The summed E-state index contributed by atoms with van der Waals surface area (Å²) < 4.78 is 0. The molecular weight excluding hydrogens is 198 g/mol. The average molecular weight is 211 g/mol. The Labute approximate surface area is 94.1 Å². The minimum absolute atomic E-state index is 0.0842. The third kappa shape index (κ3) is 1.14. The zero-order valence-corrected chi connectivity index (χ0v) is 9.16. The van der Waals surface area contributed by atoms with Crippen LogP contribution in [-0.2, 0) is 6.42 Å². The van der Waals surface area contributed by atoms with Crippen LogP contribution in [0.25, 0.3) is 10.8 Å². The van der Waals surface area contributed by atoms with Crippen LogP contribution in [0.15, 0.2) is 30.3 Å². The summed E-state index contributed by atoms with van der Waals surface area (Å²) in [6.07, 6.45) is 0.883. The van der Waals surface area contributed by atoms with Crippen LogP contribution in [0.3, 0.4) is 0 Å². The molecule has 1 unspecified atom stereocenters. The molecule has 16 heavy (non-hydrogen) atoms. The molecule has 2 aromatic rings. The number of nitrogens with two attached hydrogens (primary N) is 1. The number of Topliss-reactive ketones (excluding diaryl/α,β-unsaturated/α-hetero) is 1. The number of carbonyl (C=O) groups is 1. The van der Waals surface area contributed by atoms with Gasteiger partial charge in [0.25, 0.3) is 0 Å². The van der Waals surface area contributed by atoms with Crippen molar-refractivity contribution in [2.45, 2.75) is 19.4 Å². The van der Waals surface area contributed by atoms with Crippen molar-refractivity contribution in [2.75, 3.05) is 0 Å². The van der Waals surface area contributed by atoms with Crippen LogP contribution in [0.5, 0.6) is 0 Å². The van der Waals surface area contributed by atoms with E-state index in [0.717, 1.165) is 17.4 Å². The fourth-order valence-corrected chi connectivity index (χ4v) is 2.64. The van der Waals surface area contributed by atoms with E-state index in [-0.39, 0.29) is 11.8 Å². The maximum Gasteiger partial charge on any atom is 0.160 e. The van der Waals surface area contributed by atoms with Crippen LogP contribution in [0.1, 0.15) is 34.5 Å². The Morgan fingerprint density at radius 3 is 2.88 bits per heavy atom. The van der Waals surface area contributed by atoms with Crippen LogP contribution < -0.4 is 5.73 Å². The summed E-state index contributed by atoms with van der Waals surface area (Å²) in [6, 6.07) is 10.1. The van der Waals surface area contributed by atoms with Gasteiger partial charge in [0.1, 0.15) is 0 Å². The third-order valence-corrected chi connectivity index (χ3v) is 3.38. The summed E-state index contributed by atoms with van der Waals surface area (Å²) in [7, 11) is 0. The molecule has 2 aromatic carbocycles. The second-order valence-electron chi connectivity index (χ2n) is 4.41. The first-order valence-corrected chi connectivity index (χ1v) is 5.49. The molecule has 0 bridgehead atoms. The highest BCUT2D eigenvalue weighted by atomic mass is 16.1. The molecule has 2 heteroatoms. The van der Waals surface area contributed by atoms with Gasteiger partial charge in [0.05, 0.1) is 0 Å². The summed E-state index contributed by atoms with van der Waals surface area (Å²) >= 11 is 0. The van der Waals surface area contributed by atoms with Crippen LogP contribution in [0.2, 0.25) is 0 Å². The van der Waals surface area contributed by atoms with Gasteiger partial charge in [-0.05, 0) is 35.2 Å². The lowest BCUT2D eigenvalue weighted by Gasteiger charge is -2.06.